The highest BCUT2D eigenvalue weighted by Gasteiger charge is 2.28. The molecule has 9 heteroatoms. The predicted octanol–water partition coefficient (Wildman–Crippen LogP) is 3.09. The average molecular weight is 475 g/mol. The Morgan fingerprint density at radius 3 is 2.27 bits per heavy atom. The van der Waals surface area contributed by atoms with Crippen molar-refractivity contribution in [2.24, 2.45) is 5.92 Å². The number of carbonyl (C=O) groups is 1. The van der Waals surface area contributed by atoms with Gasteiger partial charge in [0.2, 0.25) is 15.9 Å². The van der Waals surface area contributed by atoms with Crippen LogP contribution in [0.3, 0.4) is 0 Å². The summed E-state index contributed by atoms with van der Waals surface area (Å²) in [6, 6.07) is 9.09. The zero-order valence-corrected chi connectivity index (χ0v) is 20.4. The molecule has 0 radical (unpaired) electrons. The fourth-order valence-corrected chi connectivity index (χ4v) is 5.13. The van der Waals surface area contributed by atoms with Crippen molar-refractivity contribution in [1.29, 1.82) is 0 Å². The van der Waals surface area contributed by atoms with E-state index < -0.39 is 16.1 Å². The standard InChI is InChI=1S/C24H34N4O4S/c1-18(2)23(27-33(30,31)21-11-9-20(32-3)10-12-21)24(29)26-17-19-8-13-22(25-16-19)28-14-6-4-5-7-15-28/h8-13,16,18,23,27H,4-7,14-15,17H2,1-3H3,(H,26,29)/t23-/m0/s1. The minimum atomic E-state index is -3.86. The van der Waals surface area contributed by atoms with E-state index in [9.17, 15) is 13.2 Å². The molecule has 0 bridgehead atoms. The quantitative estimate of drug-likeness (QED) is 0.579. The molecule has 1 aromatic carbocycles. The first-order valence-electron chi connectivity index (χ1n) is 11.4. The van der Waals surface area contributed by atoms with E-state index in [0.717, 1.165) is 24.5 Å². The van der Waals surface area contributed by atoms with E-state index in [4.69, 9.17) is 4.74 Å². The summed E-state index contributed by atoms with van der Waals surface area (Å²) in [5.74, 6) is 0.905. The van der Waals surface area contributed by atoms with Crippen LogP contribution in [0.4, 0.5) is 5.82 Å². The van der Waals surface area contributed by atoms with Gasteiger partial charge in [-0.05, 0) is 54.7 Å². The lowest BCUT2D eigenvalue weighted by Gasteiger charge is -2.22. The van der Waals surface area contributed by atoms with Crippen LogP contribution >= 0.6 is 0 Å². The number of nitrogens with one attached hydrogen (secondary N) is 2. The predicted molar refractivity (Wildman–Crippen MR) is 129 cm³/mol. The van der Waals surface area contributed by atoms with Gasteiger partial charge in [-0.15, -0.1) is 0 Å². The van der Waals surface area contributed by atoms with Crippen LogP contribution in [0, 0.1) is 5.92 Å². The number of carbonyl (C=O) groups excluding carboxylic acids is 1. The van der Waals surface area contributed by atoms with Crippen LogP contribution in [-0.4, -0.2) is 45.6 Å². The van der Waals surface area contributed by atoms with Crippen LogP contribution in [0.2, 0.25) is 0 Å². The molecule has 8 nitrogen and oxygen atoms in total. The monoisotopic (exact) mass is 474 g/mol. The topological polar surface area (TPSA) is 101 Å². The second-order valence-electron chi connectivity index (χ2n) is 8.66. The van der Waals surface area contributed by atoms with Gasteiger partial charge in [-0.2, -0.15) is 4.72 Å². The first kappa shape index (κ1) is 25.0. The average Bonchev–Trinajstić information content (AvgIpc) is 3.11. The number of hydrogen-bond acceptors (Lipinski definition) is 6. The second kappa shape index (κ2) is 11.5. The van der Waals surface area contributed by atoms with Crippen LogP contribution < -0.4 is 19.7 Å². The number of amides is 1. The highest BCUT2D eigenvalue weighted by Crippen LogP contribution is 2.18. The number of sulfonamides is 1. The fraction of sp³-hybridized carbons (Fsp3) is 0.500. The maximum Gasteiger partial charge on any atom is 0.241 e. The first-order chi connectivity index (χ1) is 15.8. The summed E-state index contributed by atoms with van der Waals surface area (Å²) in [5.41, 5.74) is 0.863. The van der Waals surface area contributed by atoms with Gasteiger partial charge in [-0.3, -0.25) is 4.79 Å². The number of benzene rings is 1. The van der Waals surface area contributed by atoms with Crippen LogP contribution in [0.1, 0.15) is 45.1 Å². The molecule has 1 aliphatic heterocycles. The number of hydrogen-bond donors (Lipinski definition) is 2. The molecule has 180 valence electrons. The number of nitrogens with zero attached hydrogens (tertiary/aromatic N) is 2. The molecule has 0 aliphatic carbocycles. The minimum Gasteiger partial charge on any atom is -0.497 e. The Morgan fingerprint density at radius 1 is 1.06 bits per heavy atom. The largest absolute Gasteiger partial charge is 0.497 e. The lowest BCUT2D eigenvalue weighted by atomic mass is 10.0. The number of aromatic nitrogens is 1. The smallest absolute Gasteiger partial charge is 0.241 e. The Bertz CT molecular complexity index is 1000. The van der Waals surface area contributed by atoms with Gasteiger partial charge < -0.3 is 15.0 Å². The third-order valence-electron chi connectivity index (χ3n) is 5.81. The highest BCUT2D eigenvalue weighted by atomic mass is 32.2. The molecule has 33 heavy (non-hydrogen) atoms. The summed E-state index contributed by atoms with van der Waals surface area (Å²) in [5, 5.41) is 2.84. The Hall–Kier alpha value is -2.65. The van der Waals surface area contributed by atoms with Crippen molar-refractivity contribution < 1.29 is 17.9 Å². The molecular formula is C24H34N4O4S. The molecule has 1 fully saturated rings. The van der Waals surface area contributed by atoms with Crippen molar-refractivity contribution in [2.45, 2.75) is 57.0 Å². The summed E-state index contributed by atoms with van der Waals surface area (Å²) in [7, 11) is -2.35. The van der Waals surface area contributed by atoms with Crippen LogP contribution in [0.5, 0.6) is 5.75 Å². The SMILES string of the molecule is COc1ccc(S(=O)(=O)N[C@H](C(=O)NCc2ccc(N3CCCCCC3)nc2)C(C)C)cc1. The lowest BCUT2D eigenvalue weighted by molar-refractivity contribution is -0.123. The molecule has 1 saturated heterocycles. The van der Waals surface area contributed by atoms with Crippen LogP contribution in [0.25, 0.3) is 0 Å². The van der Waals surface area contributed by atoms with Crippen molar-refractivity contribution in [3.05, 3.63) is 48.2 Å². The summed E-state index contributed by atoms with van der Waals surface area (Å²) in [6.45, 7) is 5.93. The van der Waals surface area contributed by atoms with Gasteiger partial charge in [0.25, 0.3) is 0 Å². The van der Waals surface area contributed by atoms with Crippen molar-refractivity contribution in [3.63, 3.8) is 0 Å². The fourth-order valence-electron chi connectivity index (χ4n) is 3.79. The van der Waals surface area contributed by atoms with Gasteiger partial charge >= 0.3 is 0 Å². The van der Waals surface area contributed by atoms with Gasteiger partial charge in [0.15, 0.2) is 0 Å². The molecule has 3 rings (SSSR count). The van der Waals surface area contributed by atoms with Crippen molar-refractivity contribution in [3.8, 4) is 5.75 Å². The number of ether oxygens (including phenoxy) is 1. The Labute approximate surface area is 196 Å². The summed E-state index contributed by atoms with van der Waals surface area (Å²) < 4.78 is 33.2. The maximum atomic E-state index is 12.8. The summed E-state index contributed by atoms with van der Waals surface area (Å²) in [6.07, 6.45) is 6.66. The van der Waals surface area contributed by atoms with E-state index in [0.29, 0.717) is 5.75 Å². The third-order valence-corrected chi connectivity index (χ3v) is 7.26. The second-order valence-corrected chi connectivity index (χ2v) is 10.4. The molecule has 0 saturated carbocycles. The maximum absolute atomic E-state index is 12.8. The molecule has 0 spiro atoms. The molecule has 2 aromatic rings. The highest BCUT2D eigenvalue weighted by molar-refractivity contribution is 7.89. The molecule has 2 N–H and O–H groups in total. The molecule has 1 aromatic heterocycles. The van der Waals surface area contributed by atoms with Gasteiger partial charge in [0.05, 0.1) is 12.0 Å². The number of anilines is 1. The van der Waals surface area contributed by atoms with Crippen LogP contribution in [0.15, 0.2) is 47.5 Å². The number of methoxy groups -OCH3 is 1. The van der Waals surface area contributed by atoms with Crippen molar-refractivity contribution in [1.82, 2.24) is 15.0 Å². The lowest BCUT2D eigenvalue weighted by Crippen LogP contribution is -2.49. The van der Waals surface area contributed by atoms with Crippen molar-refractivity contribution >= 4 is 21.7 Å². The van der Waals surface area contributed by atoms with E-state index in [1.165, 1.54) is 44.9 Å². The van der Waals surface area contributed by atoms with Gasteiger partial charge in [0, 0.05) is 25.8 Å². The van der Waals surface area contributed by atoms with Gasteiger partial charge in [-0.25, -0.2) is 13.4 Å². The summed E-state index contributed by atoms with van der Waals surface area (Å²) >= 11 is 0. The van der Waals surface area contributed by atoms with Crippen LogP contribution in [-0.2, 0) is 21.4 Å². The normalized spacial score (nSPS) is 15.7. The van der Waals surface area contributed by atoms with Gasteiger partial charge in [0.1, 0.15) is 17.6 Å². The van der Waals surface area contributed by atoms with E-state index in [1.54, 1.807) is 32.2 Å². The van der Waals surface area contributed by atoms with Crippen molar-refractivity contribution in [2.75, 3.05) is 25.1 Å². The summed E-state index contributed by atoms with van der Waals surface area (Å²) in [4.78, 5) is 19.8. The number of pyridine rings is 1. The Kier molecular flexibility index (Phi) is 8.68. The van der Waals surface area contributed by atoms with E-state index in [1.807, 2.05) is 12.1 Å². The molecule has 1 amide bonds. The van der Waals surface area contributed by atoms with E-state index in [2.05, 4.69) is 19.9 Å². The Morgan fingerprint density at radius 2 is 1.73 bits per heavy atom. The molecular weight excluding hydrogens is 440 g/mol. The van der Waals surface area contributed by atoms with Gasteiger partial charge in [-0.1, -0.05) is 32.8 Å². The first-order valence-corrected chi connectivity index (χ1v) is 12.9. The zero-order chi connectivity index (χ0) is 23.8. The molecule has 2 heterocycles. The minimum absolute atomic E-state index is 0.0788. The van der Waals surface area contributed by atoms with E-state index >= 15 is 0 Å². The van der Waals surface area contributed by atoms with E-state index in [-0.39, 0.29) is 23.3 Å². The Balaban J connectivity index is 1.60. The zero-order valence-electron chi connectivity index (χ0n) is 19.6. The molecule has 0 unspecified atom stereocenters. The third kappa shape index (κ3) is 6.91. The molecule has 1 aliphatic rings. The number of rotatable bonds is 9. The molecule has 1 atom stereocenters.